The van der Waals surface area contributed by atoms with Crippen LogP contribution in [0.15, 0.2) is 48.8 Å². The average Bonchev–Trinajstić information content (AvgIpc) is 2.94. The van der Waals surface area contributed by atoms with Crippen molar-refractivity contribution in [3.8, 4) is 0 Å². The quantitative estimate of drug-likeness (QED) is 0.847. The fraction of sp³-hybridized carbons (Fsp3) is 0.350. The van der Waals surface area contributed by atoms with Gasteiger partial charge in [-0.25, -0.2) is 4.39 Å². The predicted octanol–water partition coefficient (Wildman–Crippen LogP) is 2.53. The Hall–Kier alpha value is -2.76. The molecule has 2 amide bonds. The second kappa shape index (κ2) is 8.56. The van der Waals surface area contributed by atoms with Gasteiger partial charge in [-0.15, -0.1) is 0 Å². The van der Waals surface area contributed by atoms with E-state index < -0.39 is 0 Å². The Morgan fingerprint density at radius 3 is 2.46 bits per heavy atom. The number of rotatable bonds is 4. The average molecular weight is 355 g/mol. The van der Waals surface area contributed by atoms with E-state index in [2.05, 4.69) is 4.98 Å². The van der Waals surface area contributed by atoms with Crippen molar-refractivity contribution in [1.82, 2.24) is 14.8 Å². The molecule has 136 valence electrons. The molecule has 0 aliphatic carbocycles. The second-order valence-corrected chi connectivity index (χ2v) is 6.39. The molecule has 1 fully saturated rings. The standard InChI is InChI=1S/C20H22FN3O2/c21-18-7-4-16(5-8-18)6-9-19(25)23-11-2-12-24(14-13-23)20(26)17-3-1-10-22-15-17/h1,3-5,7-8,10,15H,2,6,9,11-14H2. The van der Waals surface area contributed by atoms with Gasteiger partial charge in [-0.1, -0.05) is 12.1 Å². The second-order valence-electron chi connectivity index (χ2n) is 6.39. The van der Waals surface area contributed by atoms with Gasteiger partial charge in [0.25, 0.3) is 5.91 Å². The number of hydrogen-bond acceptors (Lipinski definition) is 3. The van der Waals surface area contributed by atoms with Crippen LogP contribution in [-0.4, -0.2) is 52.8 Å². The lowest BCUT2D eigenvalue weighted by Crippen LogP contribution is -2.37. The zero-order valence-corrected chi connectivity index (χ0v) is 14.6. The maximum absolute atomic E-state index is 12.9. The molecule has 1 aliphatic rings. The van der Waals surface area contributed by atoms with Gasteiger partial charge in [0.05, 0.1) is 5.56 Å². The summed E-state index contributed by atoms with van der Waals surface area (Å²) < 4.78 is 12.9. The molecule has 1 aliphatic heterocycles. The van der Waals surface area contributed by atoms with E-state index in [1.165, 1.54) is 12.1 Å². The number of carbonyl (C=O) groups excluding carboxylic acids is 2. The summed E-state index contributed by atoms with van der Waals surface area (Å²) in [6.07, 6.45) is 4.95. The van der Waals surface area contributed by atoms with Gasteiger partial charge in [0.2, 0.25) is 5.91 Å². The minimum atomic E-state index is -0.272. The Labute approximate surface area is 152 Å². The SMILES string of the molecule is O=C(CCc1ccc(F)cc1)N1CCCN(C(=O)c2cccnc2)CC1. The molecule has 0 spiro atoms. The number of aromatic nitrogens is 1. The monoisotopic (exact) mass is 355 g/mol. The largest absolute Gasteiger partial charge is 0.341 e. The fourth-order valence-electron chi connectivity index (χ4n) is 3.10. The first-order valence-electron chi connectivity index (χ1n) is 8.85. The molecule has 26 heavy (non-hydrogen) atoms. The summed E-state index contributed by atoms with van der Waals surface area (Å²) in [6, 6.07) is 9.74. The molecule has 1 saturated heterocycles. The van der Waals surface area contributed by atoms with E-state index in [9.17, 15) is 14.0 Å². The number of nitrogens with zero attached hydrogens (tertiary/aromatic N) is 3. The Morgan fingerprint density at radius 2 is 1.73 bits per heavy atom. The number of pyridine rings is 1. The third-order valence-electron chi connectivity index (χ3n) is 4.59. The van der Waals surface area contributed by atoms with E-state index in [1.54, 1.807) is 41.6 Å². The fourth-order valence-corrected chi connectivity index (χ4v) is 3.10. The lowest BCUT2D eigenvalue weighted by Gasteiger charge is -2.22. The molecule has 2 aromatic rings. The van der Waals surface area contributed by atoms with E-state index in [0.29, 0.717) is 44.6 Å². The van der Waals surface area contributed by atoms with Crippen molar-refractivity contribution in [3.63, 3.8) is 0 Å². The van der Waals surface area contributed by atoms with Crippen LogP contribution >= 0.6 is 0 Å². The van der Waals surface area contributed by atoms with Crippen LogP contribution in [0.3, 0.4) is 0 Å². The van der Waals surface area contributed by atoms with Crippen LogP contribution in [0.25, 0.3) is 0 Å². The maximum atomic E-state index is 12.9. The molecular weight excluding hydrogens is 333 g/mol. The van der Waals surface area contributed by atoms with Crippen molar-refractivity contribution in [2.45, 2.75) is 19.3 Å². The number of halogens is 1. The van der Waals surface area contributed by atoms with Crippen LogP contribution in [0, 0.1) is 5.82 Å². The van der Waals surface area contributed by atoms with Gasteiger partial charge in [0.1, 0.15) is 5.82 Å². The van der Waals surface area contributed by atoms with Crippen LogP contribution in [0.2, 0.25) is 0 Å². The Kier molecular flexibility index (Phi) is 5.94. The molecule has 5 nitrogen and oxygen atoms in total. The maximum Gasteiger partial charge on any atom is 0.255 e. The van der Waals surface area contributed by atoms with Crippen molar-refractivity contribution in [3.05, 3.63) is 65.7 Å². The van der Waals surface area contributed by atoms with E-state index in [0.717, 1.165) is 12.0 Å². The summed E-state index contributed by atoms with van der Waals surface area (Å²) in [6.45, 7) is 2.35. The molecule has 3 rings (SSSR count). The molecule has 0 atom stereocenters. The minimum absolute atomic E-state index is 0.0429. The topological polar surface area (TPSA) is 53.5 Å². The van der Waals surface area contributed by atoms with Crippen molar-refractivity contribution in [2.75, 3.05) is 26.2 Å². The first kappa shape index (κ1) is 18.0. The molecule has 0 bridgehead atoms. The third-order valence-corrected chi connectivity index (χ3v) is 4.59. The lowest BCUT2D eigenvalue weighted by atomic mass is 10.1. The van der Waals surface area contributed by atoms with Gasteiger partial charge in [-0.05, 0) is 42.7 Å². The Morgan fingerprint density at radius 1 is 1.00 bits per heavy atom. The summed E-state index contributed by atoms with van der Waals surface area (Å²) >= 11 is 0. The zero-order chi connectivity index (χ0) is 18.4. The highest BCUT2D eigenvalue weighted by Gasteiger charge is 2.22. The summed E-state index contributed by atoms with van der Waals surface area (Å²) in [7, 11) is 0. The summed E-state index contributed by atoms with van der Waals surface area (Å²) in [5.41, 5.74) is 1.52. The van der Waals surface area contributed by atoms with E-state index >= 15 is 0 Å². The van der Waals surface area contributed by atoms with E-state index in [1.807, 2.05) is 4.90 Å². The number of benzene rings is 1. The predicted molar refractivity (Wildman–Crippen MR) is 96.1 cm³/mol. The summed E-state index contributed by atoms with van der Waals surface area (Å²) in [5.74, 6) is -0.241. The first-order chi connectivity index (χ1) is 12.6. The molecule has 6 heteroatoms. The van der Waals surface area contributed by atoms with Gasteiger partial charge in [-0.3, -0.25) is 14.6 Å². The first-order valence-corrected chi connectivity index (χ1v) is 8.85. The lowest BCUT2D eigenvalue weighted by molar-refractivity contribution is -0.131. The number of carbonyl (C=O) groups is 2. The molecule has 0 saturated carbocycles. The molecule has 1 aromatic carbocycles. The highest BCUT2D eigenvalue weighted by molar-refractivity contribution is 5.94. The van der Waals surface area contributed by atoms with Gasteiger partial charge in [0, 0.05) is 45.0 Å². The molecule has 2 heterocycles. The number of aryl methyl sites for hydroxylation is 1. The summed E-state index contributed by atoms with van der Waals surface area (Å²) in [4.78, 5) is 32.6. The van der Waals surface area contributed by atoms with Crippen molar-refractivity contribution in [1.29, 1.82) is 0 Å². The highest BCUT2D eigenvalue weighted by Crippen LogP contribution is 2.11. The molecular formula is C20H22FN3O2. The molecule has 1 aromatic heterocycles. The smallest absolute Gasteiger partial charge is 0.255 e. The van der Waals surface area contributed by atoms with Crippen LogP contribution < -0.4 is 0 Å². The molecule has 0 N–H and O–H groups in total. The number of amides is 2. The van der Waals surface area contributed by atoms with Crippen LogP contribution in [0.1, 0.15) is 28.8 Å². The van der Waals surface area contributed by atoms with Crippen LogP contribution in [0.4, 0.5) is 4.39 Å². The third kappa shape index (κ3) is 4.65. The zero-order valence-electron chi connectivity index (χ0n) is 14.6. The summed E-state index contributed by atoms with van der Waals surface area (Å²) in [5, 5.41) is 0. The van der Waals surface area contributed by atoms with Gasteiger partial charge >= 0.3 is 0 Å². The van der Waals surface area contributed by atoms with Crippen LogP contribution in [0.5, 0.6) is 0 Å². The Bertz CT molecular complexity index is 749. The van der Waals surface area contributed by atoms with Crippen molar-refractivity contribution >= 4 is 11.8 Å². The molecule has 0 unspecified atom stereocenters. The van der Waals surface area contributed by atoms with Gasteiger partial charge in [-0.2, -0.15) is 0 Å². The highest BCUT2D eigenvalue weighted by atomic mass is 19.1. The van der Waals surface area contributed by atoms with Gasteiger partial charge in [0.15, 0.2) is 0 Å². The van der Waals surface area contributed by atoms with E-state index in [4.69, 9.17) is 0 Å². The number of hydrogen-bond donors (Lipinski definition) is 0. The van der Waals surface area contributed by atoms with Crippen LogP contribution in [-0.2, 0) is 11.2 Å². The van der Waals surface area contributed by atoms with Crippen molar-refractivity contribution < 1.29 is 14.0 Å². The van der Waals surface area contributed by atoms with E-state index in [-0.39, 0.29) is 17.6 Å². The minimum Gasteiger partial charge on any atom is -0.341 e. The Balaban J connectivity index is 1.52. The normalized spacial score (nSPS) is 14.8. The van der Waals surface area contributed by atoms with Gasteiger partial charge < -0.3 is 9.80 Å². The van der Waals surface area contributed by atoms with Crippen molar-refractivity contribution in [2.24, 2.45) is 0 Å². The molecule has 0 radical (unpaired) electrons.